The molecule has 5 nitrogen and oxygen atoms in total. The lowest BCUT2D eigenvalue weighted by atomic mass is 10.2. The van der Waals surface area contributed by atoms with Gasteiger partial charge in [-0.25, -0.2) is 0 Å². The molecule has 1 amide bonds. The Bertz CT molecular complexity index is 769. The molecule has 2 N–H and O–H groups in total. The van der Waals surface area contributed by atoms with Crippen molar-refractivity contribution in [2.24, 2.45) is 0 Å². The molecule has 1 aliphatic heterocycles. The number of ether oxygens (including phenoxy) is 1. The zero-order valence-corrected chi connectivity index (χ0v) is 15.2. The fourth-order valence-electron chi connectivity index (χ4n) is 2.63. The number of benzene rings is 2. The molecule has 1 fully saturated rings. The van der Waals surface area contributed by atoms with Crippen LogP contribution in [0.15, 0.2) is 60.7 Å². The third kappa shape index (κ3) is 5.40. The third-order valence-electron chi connectivity index (χ3n) is 3.96. The summed E-state index contributed by atoms with van der Waals surface area (Å²) in [6, 6.07) is 17.6. The van der Waals surface area contributed by atoms with Crippen LogP contribution in [-0.2, 0) is 9.53 Å². The summed E-state index contributed by atoms with van der Waals surface area (Å²) < 4.78 is 5.37. The van der Waals surface area contributed by atoms with Gasteiger partial charge in [-0.2, -0.15) is 0 Å². The van der Waals surface area contributed by atoms with Crippen LogP contribution in [0, 0.1) is 0 Å². The van der Waals surface area contributed by atoms with Gasteiger partial charge in [0.1, 0.15) is 0 Å². The lowest BCUT2D eigenvalue weighted by Crippen LogP contribution is -2.36. The molecular weight excluding hydrogens is 346 g/mol. The number of hydrogen-bond acceptors (Lipinski definition) is 4. The molecule has 3 rings (SSSR count). The van der Waals surface area contributed by atoms with Gasteiger partial charge >= 0.3 is 0 Å². The van der Waals surface area contributed by atoms with E-state index in [0.717, 1.165) is 43.2 Å². The molecule has 0 spiro atoms. The summed E-state index contributed by atoms with van der Waals surface area (Å²) in [5, 5.41) is 5.94. The molecule has 134 valence electrons. The summed E-state index contributed by atoms with van der Waals surface area (Å²) in [7, 11) is 0. The van der Waals surface area contributed by atoms with Crippen LogP contribution in [0.3, 0.4) is 0 Å². The van der Waals surface area contributed by atoms with Crippen LogP contribution in [0.1, 0.15) is 5.56 Å². The van der Waals surface area contributed by atoms with Gasteiger partial charge in [0, 0.05) is 30.5 Å². The number of amides is 1. The predicted octanol–water partition coefficient (Wildman–Crippen LogP) is 3.05. The molecular formula is C20H21N3O2S. The summed E-state index contributed by atoms with van der Waals surface area (Å²) in [5.74, 6) is -0.267. The second-order valence-electron chi connectivity index (χ2n) is 5.83. The third-order valence-corrected chi connectivity index (χ3v) is 4.17. The summed E-state index contributed by atoms with van der Waals surface area (Å²) in [5.41, 5.74) is 2.94. The highest BCUT2D eigenvalue weighted by molar-refractivity contribution is 7.80. The first-order valence-corrected chi connectivity index (χ1v) is 8.89. The Morgan fingerprint density at radius 3 is 2.42 bits per heavy atom. The normalized spacial score (nSPS) is 14.2. The Balaban J connectivity index is 1.49. The molecule has 2 aromatic carbocycles. The van der Waals surface area contributed by atoms with Crippen molar-refractivity contribution in [1.82, 2.24) is 5.32 Å². The molecule has 2 aromatic rings. The molecule has 1 heterocycles. The van der Waals surface area contributed by atoms with Crippen LogP contribution in [0.25, 0.3) is 6.08 Å². The van der Waals surface area contributed by atoms with Crippen molar-refractivity contribution in [2.75, 3.05) is 36.5 Å². The number of morpholine rings is 1. The average Bonchev–Trinajstić information content (AvgIpc) is 2.68. The van der Waals surface area contributed by atoms with Crippen molar-refractivity contribution < 1.29 is 9.53 Å². The minimum absolute atomic E-state index is 0.267. The van der Waals surface area contributed by atoms with Crippen molar-refractivity contribution in [2.45, 2.75) is 0 Å². The molecule has 26 heavy (non-hydrogen) atoms. The lowest BCUT2D eigenvalue weighted by molar-refractivity contribution is -0.115. The SMILES string of the molecule is O=C(/C=C/c1ccccc1)NC(=S)Nc1ccc(N2CCOCC2)cc1. The maximum absolute atomic E-state index is 11.9. The molecule has 0 saturated carbocycles. The Morgan fingerprint density at radius 1 is 1.04 bits per heavy atom. The maximum atomic E-state index is 11.9. The molecule has 0 bridgehead atoms. The number of thiocarbonyl (C=S) groups is 1. The monoisotopic (exact) mass is 367 g/mol. The summed E-state index contributed by atoms with van der Waals surface area (Å²) >= 11 is 5.20. The smallest absolute Gasteiger partial charge is 0.250 e. The van der Waals surface area contributed by atoms with Gasteiger partial charge in [0.15, 0.2) is 5.11 Å². The van der Waals surface area contributed by atoms with E-state index in [4.69, 9.17) is 17.0 Å². The number of hydrogen-bond donors (Lipinski definition) is 2. The molecule has 6 heteroatoms. The van der Waals surface area contributed by atoms with Crippen LogP contribution in [0.2, 0.25) is 0 Å². The van der Waals surface area contributed by atoms with Gasteiger partial charge in [-0.15, -0.1) is 0 Å². The van der Waals surface area contributed by atoms with Crippen molar-refractivity contribution in [3.63, 3.8) is 0 Å². The Hall–Kier alpha value is -2.70. The van der Waals surface area contributed by atoms with Crippen molar-refractivity contribution in [3.8, 4) is 0 Å². The summed E-state index contributed by atoms with van der Waals surface area (Å²) in [4.78, 5) is 14.2. The molecule has 1 saturated heterocycles. The topological polar surface area (TPSA) is 53.6 Å². The van der Waals surface area contributed by atoms with Crippen LogP contribution in [0.4, 0.5) is 11.4 Å². The molecule has 0 radical (unpaired) electrons. The largest absolute Gasteiger partial charge is 0.378 e. The second-order valence-corrected chi connectivity index (χ2v) is 6.24. The number of carbonyl (C=O) groups is 1. The molecule has 0 unspecified atom stereocenters. The minimum atomic E-state index is -0.267. The van der Waals surface area contributed by atoms with E-state index >= 15 is 0 Å². The fourth-order valence-corrected chi connectivity index (χ4v) is 2.85. The quantitative estimate of drug-likeness (QED) is 0.643. The second kappa shape index (κ2) is 9.12. The number of nitrogens with zero attached hydrogens (tertiary/aromatic N) is 1. The number of nitrogens with one attached hydrogen (secondary N) is 2. The minimum Gasteiger partial charge on any atom is -0.378 e. The van der Waals surface area contributed by atoms with E-state index in [1.807, 2.05) is 54.6 Å². The van der Waals surface area contributed by atoms with Crippen molar-refractivity contribution in [1.29, 1.82) is 0 Å². The number of anilines is 2. The molecule has 0 aromatic heterocycles. The van der Waals surface area contributed by atoms with Crippen molar-refractivity contribution >= 4 is 40.7 Å². The van der Waals surface area contributed by atoms with Crippen LogP contribution in [0.5, 0.6) is 0 Å². The van der Waals surface area contributed by atoms with E-state index in [1.165, 1.54) is 6.08 Å². The molecule has 0 atom stereocenters. The van der Waals surface area contributed by atoms with E-state index in [2.05, 4.69) is 15.5 Å². The lowest BCUT2D eigenvalue weighted by Gasteiger charge is -2.28. The first kappa shape index (κ1) is 18.1. The Labute approximate surface area is 158 Å². The van der Waals surface area contributed by atoms with Gasteiger partial charge in [0.25, 0.3) is 0 Å². The number of carbonyl (C=O) groups excluding carboxylic acids is 1. The van der Waals surface area contributed by atoms with Crippen molar-refractivity contribution in [3.05, 3.63) is 66.2 Å². The van der Waals surface area contributed by atoms with E-state index < -0.39 is 0 Å². The van der Waals surface area contributed by atoms with Crippen LogP contribution < -0.4 is 15.5 Å². The zero-order chi connectivity index (χ0) is 18.2. The van der Waals surface area contributed by atoms with Crippen LogP contribution in [-0.4, -0.2) is 37.3 Å². The summed E-state index contributed by atoms with van der Waals surface area (Å²) in [6.45, 7) is 3.31. The number of rotatable bonds is 4. The van der Waals surface area contributed by atoms with Gasteiger partial charge < -0.3 is 15.0 Å². The predicted molar refractivity (Wildman–Crippen MR) is 109 cm³/mol. The van der Waals surface area contributed by atoms with Gasteiger partial charge in [0.2, 0.25) is 5.91 Å². The highest BCUT2D eigenvalue weighted by Gasteiger charge is 2.11. The maximum Gasteiger partial charge on any atom is 0.250 e. The van der Waals surface area contributed by atoms with Gasteiger partial charge in [-0.1, -0.05) is 30.3 Å². The van der Waals surface area contributed by atoms with E-state index in [1.54, 1.807) is 6.08 Å². The average molecular weight is 367 g/mol. The van der Waals surface area contributed by atoms with Gasteiger partial charge in [-0.3, -0.25) is 10.1 Å². The van der Waals surface area contributed by atoms with Gasteiger partial charge in [-0.05, 0) is 48.1 Å². The van der Waals surface area contributed by atoms with E-state index in [9.17, 15) is 4.79 Å². The molecule has 1 aliphatic rings. The Kier molecular flexibility index (Phi) is 6.35. The molecule has 0 aliphatic carbocycles. The zero-order valence-electron chi connectivity index (χ0n) is 14.4. The highest BCUT2D eigenvalue weighted by atomic mass is 32.1. The standard InChI is InChI=1S/C20H21N3O2S/c24-19(11-6-16-4-2-1-3-5-16)22-20(26)21-17-7-9-18(10-8-17)23-12-14-25-15-13-23/h1-11H,12-15H2,(H2,21,22,24,26)/b11-6+. The Morgan fingerprint density at radius 2 is 1.73 bits per heavy atom. The first-order valence-electron chi connectivity index (χ1n) is 8.48. The van der Waals surface area contributed by atoms with Crippen LogP contribution >= 0.6 is 12.2 Å². The summed E-state index contributed by atoms with van der Waals surface area (Å²) in [6.07, 6.45) is 3.21. The van der Waals surface area contributed by atoms with E-state index in [0.29, 0.717) is 0 Å². The fraction of sp³-hybridized carbons (Fsp3) is 0.200. The first-order chi connectivity index (χ1) is 12.7. The van der Waals surface area contributed by atoms with Gasteiger partial charge in [0.05, 0.1) is 13.2 Å². The highest BCUT2D eigenvalue weighted by Crippen LogP contribution is 2.18. The van der Waals surface area contributed by atoms with E-state index in [-0.39, 0.29) is 11.0 Å².